The van der Waals surface area contributed by atoms with Crippen molar-refractivity contribution in [3.8, 4) is 0 Å². The van der Waals surface area contributed by atoms with Crippen molar-refractivity contribution in [2.24, 2.45) is 5.92 Å². The highest BCUT2D eigenvalue weighted by atomic mass is 35.5. The van der Waals surface area contributed by atoms with Crippen LogP contribution in [-0.2, 0) is 11.3 Å². The van der Waals surface area contributed by atoms with Gasteiger partial charge in [-0.25, -0.2) is 4.98 Å². The van der Waals surface area contributed by atoms with Crippen molar-refractivity contribution in [3.63, 3.8) is 0 Å². The van der Waals surface area contributed by atoms with Crippen LogP contribution in [0.5, 0.6) is 0 Å². The number of hydrogen-bond donors (Lipinski definition) is 2. The smallest absolute Gasteiger partial charge is 0.253 e. The number of anilines is 1. The lowest BCUT2D eigenvalue weighted by Crippen LogP contribution is -2.33. The third-order valence-electron chi connectivity index (χ3n) is 4.59. The summed E-state index contributed by atoms with van der Waals surface area (Å²) < 4.78 is 0. The van der Waals surface area contributed by atoms with Crippen molar-refractivity contribution in [2.45, 2.75) is 26.3 Å². The molecule has 0 spiro atoms. The second-order valence-corrected chi connectivity index (χ2v) is 8.08. The number of thiazole rings is 1. The molecular weight excluding hydrogens is 384 g/mol. The van der Waals surface area contributed by atoms with Crippen LogP contribution in [0.25, 0.3) is 0 Å². The standard InChI is InChI=1S/C19H23ClN4O2S/c1-13-6-8-24(9-7-13)11-14-12-27-19(22-14)23-17(25)10-21-18(26)15-4-2-3-5-16(15)20/h2-5,12-13H,6-11H2,1H3,(H,21,26)(H,22,23,25). The Morgan fingerprint density at radius 2 is 2.04 bits per heavy atom. The zero-order valence-electron chi connectivity index (χ0n) is 15.2. The van der Waals surface area contributed by atoms with Gasteiger partial charge in [0.25, 0.3) is 5.91 Å². The van der Waals surface area contributed by atoms with Crippen LogP contribution >= 0.6 is 22.9 Å². The summed E-state index contributed by atoms with van der Waals surface area (Å²) in [5, 5.41) is 8.17. The minimum Gasteiger partial charge on any atom is -0.343 e. The summed E-state index contributed by atoms with van der Waals surface area (Å²) in [4.78, 5) is 31.0. The Morgan fingerprint density at radius 3 is 2.78 bits per heavy atom. The van der Waals surface area contributed by atoms with Gasteiger partial charge in [0, 0.05) is 11.9 Å². The van der Waals surface area contributed by atoms with Gasteiger partial charge < -0.3 is 10.6 Å². The second-order valence-electron chi connectivity index (χ2n) is 6.81. The van der Waals surface area contributed by atoms with Crippen LogP contribution in [0.3, 0.4) is 0 Å². The predicted molar refractivity (Wildman–Crippen MR) is 108 cm³/mol. The molecule has 8 heteroatoms. The highest BCUT2D eigenvalue weighted by molar-refractivity contribution is 7.13. The van der Waals surface area contributed by atoms with E-state index in [4.69, 9.17) is 11.6 Å². The van der Waals surface area contributed by atoms with Crippen LogP contribution in [0.4, 0.5) is 5.13 Å². The molecule has 1 fully saturated rings. The quantitative estimate of drug-likeness (QED) is 0.771. The molecule has 2 amide bonds. The first-order valence-electron chi connectivity index (χ1n) is 9.00. The molecule has 3 rings (SSSR count). The molecule has 27 heavy (non-hydrogen) atoms. The molecule has 1 aliphatic heterocycles. The molecule has 1 aliphatic rings. The zero-order chi connectivity index (χ0) is 19.2. The number of halogens is 1. The van der Waals surface area contributed by atoms with Gasteiger partial charge in [-0.3, -0.25) is 14.5 Å². The van der Waals surface area contributed by atoms with Gasteiger partial charge in [0.05, 0.1) is 22.8 Å². The monoisotopic (exact) mass is 406 g/mol. The summed E-state index contributed by atoms with van der Waals surface area (Å²) in [5.41, 5.74) is 1.31. The van der Waals surface area contributed by atoms with E-state index in [1.54, 1.807) is 24.3 Å². The number of carbonyl (C=O) groups is 2. The van der Waals surface area contributed by atoms with E-state index in [-0.39, 0.29) is 18.4 Å². The molecular formula is C19H23ClN4O2S. The normalized spacial score (nSPS) is 15.5. The topological polar surface area (TPSA) is 74.3 Å². The molecule has 0 bridgehead atoms. The summed E-state index contributed by atoms with van der Waals surface area (Å²) in [6.07, 6.45) is 2.44. The highest BCUT2D eigenvalue weighted by Gasteiger charge is 2.17. The lowest BCUT2D eigenvalue weighted by molar-refractivity contribution is -0.115. The number of hydrogen-bond acceptors (Lipinski definition) is 5. The summed E-state index contributed by atoms with van der Waals surface area (Å²) in [5.74, 6) is 0.102. The third kappa shape index (κ3) is 5.76. The number of aromatic nitrogens is 1. The van der Waals surface area contributed by atoms with Gasteiger partial charge in [-0.05, 0) is 44.0 Å². The van der Waals surface area contributed by atoms with Gasteiger partial charge in [-0.15, -0.1) is 11.3 Å². The molecule has 1 saturated heterocycles. The van der Waals surface area contributed by atoms with E-state index in [1.807, 2.05) is 5.38 Å². The number of piperidine rings is 1. The Kier molecular flexibility index (Phi) is 6.82. The molecule has 2 aromatic rings. The minimum atomic E-state index is -0.380. The minimum absolute atomic E-state index is 0.136. The van der Waals surface area contributed by atoms with Crippen molar-refractivity contribution in [2.75, 3.05) is 25.0 Å². The molecule has 0 aliphatic carbocycles. The van der Waals surface area contributed by atoms with Crippen LogP contribution in [0.15, 0.2) is 29.6 Å². The highest BCUT2D eigenvalue weighted by Crippen LogP contribution is 2.21. The third-order valence-corrected chi connectivity index (χ3v) is 5.72. The lowest BCUT2D eigenvalue weighted by atomic mass is 9.99. The summed E-state index contributed by atoms with van der Waals surface area (Å²) in [7, 11) is 0. The van der Waals surface area contributed by atoms with Gasteiger partial charge in [0.2, 0.25) is 5.91 Å². The van der Waals surface area contributed by atoms with Gasteiger partial charge in [0.15, 0.2) is 5.13 Å². The Morgan fingerprint density at radius 1 is 1.30 bits per heavy atom. The number of nitrogens with one attached hydrogen (secondary N) is 2. The van der Waals surface area contributed by atoms with Gasteiger partial charge in [-0.1, -0.05) is 30.7 Å². The van der Waals surface area contributed by atoms with Crippen LogP contribution in [-0.4, -0.2) is 41.3 Å². The molecule has 1 aromatic carbocycles. The first kappa shape index (κ1) is 19.8. The number of benzene rings is 1. The van der Waals surface area contributed by atoms with E-state index in [0.29, 0.717) is 15.7 Å². The Bertz CT molecular complexity index is 803. The maximum Gasteiger partial charge on any atom is 0.253 e. The van der Waals surface area contributed by atoms with Crippen molar-refractivity contribution < 1.29 is 9.59 Å². The molecule has 0 unspecified atom stereocenters. The van der Waals surface area contributed by atoms with Gasteiger partial charge in [-0.2, -0.15) is 0 Å². The van der Waals surface area contributed by atoms with Gasteiger partial charge >= 0.3 is 0 Å². The number of nitrogens with zero attached hydrogens (tertiary/aromatic N) is 2. The lowest BCUT2D eigenvalue weighted by Gasteiger charge is -2.29. The molecule has 0 radical (unpaired) electrons. The summed E-state index contributed by atoms with van der Waals surface area (Å²) in [6, 6.07) is 6.72. The van der Waals surface area contributed by atoms with E-state index in [2.05, 4.69) is 27.4 Å². The number of carbonyl (C=O) groups excluding carboxylic acids is 2. The largest absolute Gasteiger partial charge is 0.343 e. The molecule has 2 N–H and O–H groups in total. The number of amides is 2. The Balaban J connectivity index is 1.45. The van der Waals surface area contributed by atoms with Crippen LogP contribution in [0.1, 0.15) is 35.8 Å². The van der Waals surface area contributed by atoms with Crippen molar-refractivity contribution in [1.29, 1.82) is 0 Å². The Labute approximate surface area is 167 Å². The van der Waals surface area contributed by atoms with E-state index in [0.717, 1.165) is 31.2 Å². The number of likely N-dealkylation sites (tertiary alicyclic amines) is 1. The first-order chi connectivity index (χ1) is 13.0. The molecule has 6 nitrogen and oxygen atoms in total. The maximum absolute atomic E-state index is 12.1. The first-order valence-corrected chi connectivity index (χ1v) is 10.3. The van der Waals surface area contributed by atoms with Crippen LogP contribution < -0.4 is 10.6 Å². The average molecular weight is 407 g/mol. The molecule has 1 aromatic heterocycles. The van der Waals surface area contributed by atoms with Crippen molar-refractivity contribution in [1.82, 2.24) is 15.2 Å². The summed E-state index contributed by atoms with van der Waals surface area (Å²) in [6.45, 7) is 5.15. The van der Waals surface area contributed by atoms with E-state index in [1.165, 1.54) is 24.2 Å². The second kappa shape index (κ2) is 9.30. The molecule has 0 saturated carbocycles. The molecule has 144 valence electrons. The van der Waals surface area contributed by atoms with Gasteiger partial charge in [0.1, 0.15) is 0 Å². The molecule has 0 atom stereocenters. The maximum atomic E-state index is 12.1. The fourth-order valence-electron chi connectivity index (χ4n) is 2.95. The predicted octanol–water partition coefficient (Wildman–Crippen LogP) is 3.40. The SMILES string of the molecule is CC1CCN(Cc2csc(NC(=O)CNC(=O)c3ccccc3Cl)n2)CC1. The zero-order valence-corrected chi connectivity index (χ0v) is 16.8. The Hall–Kier alpha value is -1.96. The molecule has 2 heterocycles. The van der Waals surface area contributed by atoms with E-state index >= 15 is 0 Å². The fourth-order valence-corrected chi connectivity index (χ4v) is 3.89. The van der Waals surface area contributed by atoms with Crippen molar-refractivity contribution in [3.05, 3.63) is 45.9 Å². The number of rotatable bonds is 6. The average Bonchev–Trinajstić information content (AvgIpc) is 3.09. The summed E-state index contributed by atoms with van der Waals surface area (Å²) >= 11 is 7.38. The van der Waals surface area contributed by atoms with Crippen molar-refractivity contribution >= 4 is 39.9 Å². The van der Waals surface area contributed by atoms with Crippen LogP contribution in [0, 0.1) is 5.92 Å². The van der Waals surface area contributed by atoms with E-state index < -0.39 is 0 Å². The van der Waals surface area contributed by atoms with Crippen LogP contribution in [0.2, 0.25) is 5.02 Å². The fraction of sp³-hybridized carbons (Fsp3) is 0.421. The van der Waals surface area contributed by atoms with E-state index in [9.17, 15) is 9.59 Å².